The van der Waals surface area contributed by atoms with Crippen molar-refractivity contribution in [2.75, 3.05) is 0 Å². The van der Waals surface area contributed by atoms with Crippen LogP contribution in [0.15, 0.2) is 30.6 Å². The number of aldehydes is 1. The molecule has 1 heterocycles. The zero-order valence-electron chi connectivity index (χ0n) is 9.84. The molecule has 3 rings (SSSR count). The van der Waals surface area contributed by atoms with Crippen LogP contribution >= 0.6 is 0 Å². The predicted molar refractivity (Wildman–Crippen MR) is 65.7 cm³/mol. The summed E-state index contributed by atoms with van der Waals surface area (Å²) in [6.45, 7) is 0.908. The topological polar surface area (TPSA) is 34.9 Å². The van der Waals surface area contributed by atoms with Gasteiger partial charge in [0.15, 0.2) is 6.29 Å². The second-order valence-corrected chi connectivity index (χ2v) is 4.71. The van der Waals surface area contributed by atoms with Crippen molar-refractivity contribution in [1.82, 2.24) is 9.78 Å². The standard InChI is InChI=1S/C14H13FN2O/c15-14-3-1-2-12(13(14)9-18)11-6-16-17(8-11)7-10-4-5-10/h1-3,6,8-10H,4-5,7H2. The first-order valence-electron chi connectivity index (χ1n) is 6.04. The van der Waals surface area contributed by atoms with Crippen LogP contribution in [0.2, 0.25) is 0 Å². The molecule has 1 saturated carbocycles. The monoisotopic (exact) mass is 244 g/mol. The fourth-order valence-electron chi connectivity index (χ4n) is 2.08. The van der Waals surface area contributed by atoms with E-state index in [-0.39, 0.29) is 5.56 Å². The second kappa shape index (κ2) is 4.37. The highest BCUT2D eigenvalue weighted by Gasteiger charge is 2.22. The van der Waals surface area contributed by atoms with Gasteiger partial charge in [0.05, 0.1) is 11.8 Å². The molecule has 18 heavy (non-hydrogen) atoms. The van der Waals surface area contributed by atoms with Gasteiger partial charge in [-0.2, -0.15) is 5.10 Å². The Kier molecular flexibility index (Phi) is 2.70. The van der Waals surface area contributed by atoms with Crippen molar-refractivity contribution in [1.29, 1.82) is 0 Å². The summed E-state index contributed by atoms with van der Waals surface area (Å²) in [6, 6.07) is 4.64. The van der Waals surface area contributed by atoms with Gasteiger partial charge in [-0.15, -0.1) is 0 Å². The minimum absolute atomic E-state index is 0.100. The van der Waals surface area contributed by atoms with Crippen LogP contribution in [0.5, 0.6) is 0 Å². The molecule has 0 spiro atoms. The maximum absolute atomic E-state index is 13.5. The molecule has 1 aliphatic rings. The van der Waals surface area contributed by atoms with Crippen LogP contribution in [-0.4, -0.2) is 16.1 Å². The lowest BCUT2D eigenvalue weighted by atomic mass is 10.0. The fraction of sp³-hybridized carbons (Fsp3) is 0.286. The number of rotatable bonds is 4. The minimum atomic E-state index is -0.488. The van der Waals surface area contributed by atoms with Gasteiger partial charge < -0.3 is 0 Å². The molecule has 4 heteroatoms. The first-order valence-corrected chi connectivity index (χ1v) is 6.04. The number of hydrogen-bond donors (Lipinski definition) is 0. The molecule has 0 saturated heterocycles. The number of carbonyl (C=O) groups is 1. The Hall–Kier alpha value is -1.97. The molecule has 1 fully saturated rings. The highest BCUT2D eigenvalue weighted by atomic mass is 19.1. The molecule has 0 unspecified atom stereocenters. The highest BCUT2D eigenvalue weighted by Crippen LogP contribution is 2.31. The highest BCUT2D eigenvalue weighted by molar-refractivity contribution is 5.87. The Morgan fingerprint density at radius 1 is 1.44 bits per heavy atom. The summed E-state index contributed by atoms with van der Waals surface area (Å²) < 4.78 is 15.4. The molecule has 0 amide bonds. The minimum Gasteiger partial charge on any atom is -0.298 e. The lowest BCUT2D eigenvalue weighted by molar-refractivity contribution is 0.112. The van der Waals surface area contributed by atoms with E-state index in [1.807, 2.05) is 10.9 Å². The van der Waals surface area contributed by atoms with E-state index in [4.69, 9.17) is 0 Å². The predicted octanol–water partition coefficient (Wildman–Crippen LogP) is 2.91. The van der Waals surface area contributed by atoms with Gasteiger partial charge in [-0.3, -0.25) is 9.48 Å². The maximum atomic E-state index is 13.5. The lowest BCUT2D eigenvalue weighted by Crippen LogP contribution is -1.99. The molecular weight excluding hydrogens is 231 g/mol. The summed E-state index contributed by atoms with van der Waals surface area (Å²) in [6.07, 6.45) is 6.64. The Morgan fingerprint density at radius 2 is 2.28 bits per heavy atom. The molecule has 92 valence electrons. The van der Waals surface area contributed by atoms with Gasteiger partial charge in [-0.05, 0) is 30.4 Å². The van der Waals surface area contributed by atoms with E-state index in [2.05, 4.69) is 5.10 Å². The summed E-state index contributed by atoms with van der Waals surface area (Å²) in [5.74, 6) is 0.244. The molecule has 2 aromatic rings. The number of halogens is 1. The fourth-order valence-corrected chi connectivity index (χ4v) is 2.08. The van der Waals surface area contributed by atoms with Gasteiger partial charge in [0.2, 0.25) is 0 Å². The van der Waals surface area contributed by atoms with Crippen LogP contribution in [0.4, 0.5) is 4.39 Å². The average molecular weight is 244 g/mol. The van der Waals surface area contributed by atoms with E-state index < -0.39 is 5.82 Å². The lowest BCUT2D eigenvalue weighted by Gasteiger charge is -2.02. The van der Waals surface area contributed by atoms with Crippen molar-refractivity contribution in [3.63, 3.8) is 0 Å². The first kappa shape index (κ1) is 11.1. The normalized spacial score (nSPS) is 14.7. The van der Waals surface area contributed by atoms with Crippen LogP contribution < -0.4 is 0 Å². The third-order valence-electron chi connectivity index (χ3n) is 3.26. The van der Waals surface area contributed by atoms with E-state index in [9.17, 15) is 9.18 Å². The smallest absolute Gasteiger partial charge is 0.153 e. The Labute approximate surface area is 104 Å². The van der Waals surface area contributed by atoms with E-state index in [0.717, 1.165) is 18.0 Å². The quantitative estimate of drug-likeness (QED) is 0.775. The molecule has 0 aliphatic heterocycles. The number of carbonyl (C=O) groups excluding carboxylic acids is 1. The van der Waals surface area contributed by atoms with E-state index in [1.54, 1.807) is 18.3 Å². The van der Waals surface area contributed by atoms with Crippen molar-refractivity contribution < 1.29 is 9.18 Å². The zero-order chi connectivity index (χ0) is 12.5. The third-order valence-corrected chi connectivity index (χ3v) is 3.26. The summed E-state index contributed by atoms with van der Waals surface area (Å²) in [4.78, 5) is 10.9. The van der Waals surface area contributed by atoms with E-state index in [1.165, 1.54) is 18.9 Å². The number of benzene rings is 1. The van der Waals surface area contributed by atoms with E-state index in [0.29, 0.717) is 11.8 Å². The van der Waals surface area contributed by atoms with Gasteiger partial charge in [-0.25, -0.2) is 4.39 Å². The summed E-state index contributed by atoms with van der Waals surface area (Å²) >= 11 is 0. The SMILES string of the molecule is O=Cc1c(F)cccc1-c1cnn(CC2CC2)c1. The van der Waals surface area contributed by atoms with Crippen LogP contribution in [0.25, 0.3) is 11.1 Å². The van der Waals surface area contributed by atoms with Crippen LogP contribution in [0.3, 0.4) is 0 Å². The molecule has 0 radical (unpaired) electrons. The Bertz CT molecular complexity index is 587. The average Bonchev–Trinajstić information content (AvgIpc) is 3.05. The summed E-state index contributed by atoms with van der Waals surface area (Å²) in [7, 11) is 0. The molecule has 3 nitrogen and oxygen atoms in total. The summed E-state index contributed by atoms with van der Waals surface area (Å²) in [5.41, 5.74) is 1.49. The molecular formula is C14H13FN2O. The summed E-state index contributed by atoms with van der Waals surface area (Å²) in [5, 5.41) is 4.26. The zero-order valence-corrected chi connectivity index (χ0v) is 9.84. The van der Waals surface area contributed by atoms with Crippen LogP contribution in [-0.2, 0) is 6.54 Å². The second-order valence-electron chi connectivity index (χ2n) is 4.71. The number of nitrogens with zero attached hydrogens (tertiary/aromatic N) is 2. The molecule has 0 N–H and O–H groups in total. The van der Waals surface area contributed by atoms with Gasteiger partial charge in [0, 0.05) is 18.3 Å². The van der Waals surface area contributed by atoms with Crippen molar-refractivity contribution >= 4 is 6.29 Å². The Balaban J connectivity index is 1.95. The van der Waals surface area contributed by atoms with Gasteiger partial charge in [-0.1, -0.05) is 12.1 Å². The molecule has 1 aromatic heterocycles. The van der Waals surface area contributed by atoms with Crippen molar-refractivity contribution in [2.24, 2.45) is 5.92 Å². The van der Waals surface area contributed by atoms with Gasteiger partial charge in [0.25, 0.3) is 0 Å². The largest absolute Gasteiger partial charge is 0.298 e. The molecule has 0 bridgehead atoms. The molecule has 1 aliphatic carbocycles. The van der Waals surface area contributed by atoms with Crippen LogP contribution in [0.1, 0.15) is 23.2 Å². The van der Waals surface area contributed by atoms with E-state index >= 15 is 0 Å². The van der Waals surface area contributed by atoms with Gasteiger partial charge in [0.1, 0.15) is 5.82 Å². The van der Waals surface area contributed by atoms with Gasteiger partial charge >= 0.3 is 0 Å². The van der Waals surface area contributed by atoms with Crippen LogP contribution in [0, 0.1) is 11.7 Å². The first-order chi connectivity index (χ1) is 8.78. The maximum Gasteiger partial charge on any atom is 0.153 e. The molecule has 0 atom stereocenters. The van der Waals surface area contributed by atoms with Crippen molar-refractivity contribution in [3.8, 4) is 11.1 Å². The number of aromatic nitrogens is 2. The third kappa shape index (κ3) is 2.06. The number of hydrogen-bond acceptors (Lipinski definition) is 2. The Morgan fingerprint density at radius 3 is 3.00 bits per heavy atom. The molecule has 1 aromatic carbocycles. The van der Waals surface area contributed by atoms with Crippen molar-refractivity contribution in [3.05, 3.63) is 42.0 Å². The van der Waals surface area contributed by atoms with Crippen molar-refractivity contribution in [2.45, 2.75) is 19.4 Å².